The monoisotopic (exact) mass is 1090 g/mol. The summed E-state index contributed by atoms with van der Waals surface area (Å²) in [6.07, 6.45) is -10.5. The Kier molecular flexibility index (Phi) is 17.3. The zero-order chi connectivity index (χ0) is 56.7. The molecule has 1 fully saturated rings. The Hall–Kier alpha value is -8.83. The highest BCUT2D eigenvalue weighted by molar-refractivity contribution is 6.06. The molecule has 0 unspecified atom stereocenters. The number of rotatable bonds is 19. The summed E-state index contributed by atoms with van der Waals surface area (Å²) < 4.78 is 46.9. The lowest BCUT2D eigenvalue weighted by Gasteiger charge is -2.43. The normalized spacial score (nSPS) is 17.6. The van der Waals surface area contributed by atoms with Gasteiger partial charge in [-0.05, 0) is 66.8 Å². The number of benzene rings is 4. The molecule has 3 amide bonds. The quantitative estimate of drug-likeness (QED) is 0.0531. The fourth-order valence-electron chi connectivity index (χ4n) is 9.60. The van der Waals surface area contributed by atoms with Gasteiger partial charge in [0.1, 0.15) is 30.3 Å². The van der Waals surface area contributed by atoms with E-state index in [0.29, 0.717) is 27.9 Å². The van der Waals surface area contributed by atoms with Crippen LogP contribution in [0.2, 0.25) is 0 Å². The molecule has 4 aromatic carbocycles. The summed E-state index contributed by atoms with van der Waals surface area (Å²) in [5.74, 6) is -4.21. The van der Waals surface area contributed by atoms with Crippen molar-refractivity contribution in [2.45, 2.75) is 110 Å². The van der Waals surface area contributed by atoms with Crippen LogP contribution in [0.3, 0.4) is 0 Å². The number of nitrogen functional groups attached to an aromatic ring is 1. The number of carbonyl (C=O) groups excluding carboxylic acids is 7. The van der Waals surface area contributed by atoms with Crippen LogP contribution in [0.25, 0.3) is 33.1 Å². The number of para-hydroxylation sites is 1. The van der Waals surface area contributed by atoms with Crippen LogP contribution in [0.4, 0.5) is 21.1 Å². The van der Waals surface area contributed by atoms with E-state index in [1.165, 1.54) is 23.1 Å². The predicted molar refractivity (Wildman–Crippen MR) is 283 cm³/mol. The van der Waals surface area contributed by atoms with Crippen LogP contribution in [0, 0.1) is 0 Å². The molecule has 1 aliphatic heterocycles. The first-order chi connectivity index (χ1) is 37.7. The number of anilines is 2. The molecular weight excluding hydrogens is 1030 g/mol. The number of ether oxygens (including phenoxy) is 8. The molecular formula is C56H61N7O16. The number of hydrogen-bond acceptors (Lipinski definition) is 19. The average Bonchev–Trinajstić information content (AvgIpc) is 4.12. The number of methoxy groups -OCH3 is 1. The zero-order valence-corrected chi connectivity index (χ0v) is 44.5. The molecule has 5 N–H and O–H groups in total. The van der Waals surface area contributed by atoms with Crippen LogP contribution in [0.5, 0.6) is 5.75 Å². The maximum absolute atomic E-state index is 14.0. The number of esters is 4. The standard InChI is InChI=1S/C56H61N7O16/c1-8-62(26-43-61-45-46(63(43)29-56(5,6)71)38-19-13-14-20-40(38)60-51(45)57)55(70)74-27-33-21-22-42(78-53-50(77-32(4)66)48(76-31(3)65)47(75-30(2)64)49(79-53)52(68)72-7)41(25-33)59-44(67)23-24-58-54(69)73-28-39-36-17-11-9-15-34(36)35-16-10-12-18-37(35)39/h9-22,25,39,47-50,53,71H,8,23-24,26-29H2,1-7H3,(H2,57,60)(H,58,69)(H,59,67)/t47-,48-,49-,50+,53+/m0/s1. The topological polar surface area (TPSA) is 298 Å². The summed E-state index contributed by atoms with van der Waals surface area (Å²) in [4.78, 5) is 102. The lowest BCUT2D eigenvalue weighted by Crippen LogP contribution is -2.64. The molecule has 0 bridgehead atoms. The lowest BCUT2D eigenvalue weighted by molar-refractivity contribution is -0.282. The number of alkyl carbamates (subject to hydrolysis) is 1. The van der Waals surface area contributed by atoms with E-state index in [9.17, 15) is 38.7 Å². The first-order valence-electron chi connectivity index (χ1n) is 25.3. The minimum atomic E-state index is -1.80. The van der Waals surface area contributed by atoms with Crippen molar-refractivity contribution in [1.29, 1.82) is 0 Å². The fraction of sp³-hybridized carbons (Fsp3) is 0.375. The lowest BCUT2D eigenvalue weighted by atomic mass is 9.97. The highest BCUT2D eigenvalue weighted by atomic mass is 16.7. The van der Waals surface area contributed by atoms with E-state index in [1.807, 2.05) is 77.4 Å². The van der Waals surface area contributed by atoms with Crippen LogP contribution in [0.1, 0.15) is 76.4 Å². The average molecular weight is 1090 g/mol. The van der Waals surface area contributed by atoms with Crippen LogP contribution >= 0.6 is 0 Å². The molecule has 2 aromatic heterocycles. The van der Waals surface area contributed by atoms with Gasteiger partial charge in [-0.2, -0.15) is 0 Å². The van der Waals surface area contributed by atoms with Gasteiger partial charge in [0.2, 0.25) is 18.3 Å². The second kappa shape index (κ2) is 24.2. The Bertz CT molecular complexity index is 3260. The highest BCUT2D eigenvalue weighted by Crippen LogP contribution is 2.44. The molecule has 1 saturated heterocycles. The van der Waals surface area contributed by atoms with Gasteiger partial charge in [0.15, 0.2) is 24.1 Å². The second-order valence-electron chi connectivity index (χ2n) is 19.4. The smallest absolute Gasteiger partial charge is 0.410 e. The number of aliphatic hydroxyl groups is 1. The summed E-state index contributed by atoms with van der Waals surface area (Å²) in [5.41, 5.74) is 11.3. The van der Waals surface area contributed by atoms with Crippen molar-refractivity contribution < 1.29 is 76.6 Å². The van der Waals surface area contributed by atoms with Gasteiger partial charge in [0, 0.05) is 51.6 Å². The van der Waals surface area contributed by atoms with Gasteiger partial charge < -0.3 is 68.8 Å². The number of fused-ring (bicyclic) bond motifs is 6. The number of aromatic nitrogens is 3. The van der Waals surface area contributed by atoms with Crippen LogP contribution in [0.15, 0.2) is 91.0 Å². The third kappa shape index (κ3) is 13.1. The molecule has 79 heavy (non-hydrogen) atoms. The molecule has 0 spiro atoms. The predicted octanol–water partition coefficient (Wildman–Crippen LogP) is 6.04. The summed E-state index contributed by atoms with van der Waals surface area (Å²) >= 11 is 0. The third-order valence-corrected chi connectivity index (χ3v) is 12.9. The maximum Gasteiger partial charge on any atom is 0.410 e. The summed E-state index contributed by atoms with van der Waals surface area (Å²) in [6, 6.07) is 27.4. The van der Waals surface area contributed by atoms with E-state index in [0.717, 1.165) is 55.5 Å². The van der Waals surface area contributed by atoms with Gasteiger partial charge in [-0.1, -0.05) is 72.8 Å². The first-order valence-corrected chi connectivity index (χ1v) is 25.3. The maximum atomic E-state index is 14.0. The molecule has 5 atom stereocenters. The number of nitrogens with zero attached hydrogens (tertiary/aromatic N) is 4. The van der Waals surface area contributed by atoms with Crippen molar-refractivity contribution in [1.82, 2.24) is 24.8 Å². The van der Waals surface area contributed by atoms with E-state index >= 15 is 0 Å². The molecule has 416 valence electrons. The minimum Gasteiger partial charge on any atom is -0.467 e. The Labute approximate surface area is 453 Å². The van der Waals surface area contributed by atoms with Crippen LogP contribution < -0.4 is 21.1 Å². The number of hydrogen-bond donors (Lipinski definition) is 4. The molecule has 23 nitrogen and oxygen atoms in total. The van der Waals surface area contributed by atoms with Gasteiger partial charge in [0.05, 0.1) is 42.5 Å². The van der Waals surface area contributed by atoms with Gasteiger partial charge in [0.25, 0.3) is 0 Å². The Morgan fingerprint density at radius 1 is 0.810 bits per heavy atom. The van der Waals surface area contributed by atoms with E-state index in [1.54, 1.807) is 20.8 Å². The zero-order valence-electron chi connectivity index (χ0n) is 44.5. The molecule has 3 heterocycles. The van der Waals surface area contributed by atoms with Crippen molar-refractivity contribution in [2.24, 2.45) is 0 Å². The Morgan fingerprint density at radius 3 is 2.09 bits per heavy atom. The van der Waals surface area contributed by atoms with Crippen LogP contribution in [-0.4, -0.2) is 130 Å². The van der Waals surface area contributed by atoms with Crippen molar-refractivity contribution in [3.05, 3.63) is 114 Å². The van der Waals surface area contributed by atoms with E-state index in [2.05, 4.69) is 15.6 Å². The number of nitrogens with one attached hydrogen (secondary N) is 2. The van der Waals surface area contributed by atoms with Gasteiger partial charge >= 0.3 is 36.1 Å². The molecule has 2 aliphatic rings. The van der Waals surface area contributed by atoms with E-state index in [4.69, 9.17) is 48.6 Å². The molecule has 23 heteroatoms. The summed E-state index contributed by atoms with van der Waals surface area (Å²) in [5, 5.41) is 17.1. The number of carbonyl (C=O) groups is 7. The summed E-state index contributed by atoms with van der Waals surface area (Å²) in [7, 11) is 1.04. The number of pyridine rings is 1. The highest BCUT2D eigenvalue weighted by Gasteiger charge is 2.56. The molecule has 8 rings (SSSR count). The van der Waals surface area contributed by atoms with E-state index in [-0.39, 0.29) is 69.0 Å². The third-order valence-electron chi connectivity index (χ3n) is 12.9. The SMILES string of the molecule is CCN(Cc1nc2c(N)nc3ccccc3c2n1CC(C)(C)O)C(=O)OCc1ccc(O[C@@H]2O[C@H](C(=O)OC)[C@@H](OC(C)=O)[C@H](OC(C)=O)[C@H]2OC(C)=O)c(NC(=O)CCNC(=O)OCC2c3ccccc3-c3ccccc32)c1. The molecule has 0 saturated carbocycles. The first kappa shape index (κ1) is 56.4. The minimum absolute atomic E-state index is 0.0439. The van der Waals surface area contributed by atoms with Crippen molar-refractivity contribution in [2.75, 3.05) is 37.9 Å². The second-order valence-corrected chi connectivity index (χ2v) is 19.4. The van der Waals surface area contributed by atoms with Gasteiger partial charge in [-0.15, -0.1) is 0 Å². The molecule has 0 radical (unpaired) electrons. The molecule has 1 aliphatic carbocycles. The molecule has 6 aromatic rings. The number of amides is 3. The van der Waals surface area contributed by atoms with Gasteiger partial charge in [-0.25, -0.2) is 24.4 Å². The number of imidazole rings is 1. The fourth-order valence-corrected chi connectivity index (χ4v) is 9.60. The van der Waals surface area contributed by atoms with Gasteiger partial charge in [-0.3, -0.25) is 19.2 Å². The Balaban J connectivity index is 1.03. The van der Waals surface area contributed by atoms with Crippen molar-refractivity contribution in [3.63, 3.8) is 0 Å². The Morgan fingerprint density at radius 2 is 1.44 bits per heavy atom. The van der Waals surface area contributed by atoms with Crippen molar-refractivity contribution >= 4 is 75.4 Å². The van der Waals surface area contributed by atoms with E-state index < -0.39 is 78.3 Å². The van der Waals surface area contributed by atoms with Crippen molar-refractivity contribution in [3.8, 4) is 16.9 Å². The largest absolute Gasteiger partial charge is 0.467 e. The summed E-state index contributed by atoms with van der Waals surface area (Å²) in [6.45, 7) is 7.90. The number of nitrogens with two attached hydrogens (primary N) is 1. The van der Waals surface area contributed by atoms with Crippen LogP contribution in [-0.2, 0) is 76.8 Å².